The molecule has 2 rings (SSSR count). The van der Waals surface area contributed by atoms with Crippen molar-refractivity contribution in [1.29, 1.82) is 0 Å². The van der Waals surface area contributed by atoms with Gasteiger partial charge in [-0.05, 0) is 42.0 Å². The number of hydrogen-bond acceptors (Lipinski definition) is 4. The largest absolute Gasteiger partial charge is 0.494 e. The van der Waals surface area contributed by atoms with Crippen LogP contribution in [0.3, 0.4) is 0 Å². The van der Waals surface area contributed by atoms with Crippen LogP contribution >= 0.6 is 0 Å². The van der Waals surface area contributed by atoms with Crippen molar-refractivity contribution in [3.05, 3.63) is 53.8 Å². The average molecular weight is 359 g/mol. The van der Waals surface area contributed by atoms with Gasteiger partial charge in [-0.15, -0.1) is 0 Å². The number of ether oxygens (including phenoxy) is 1. The Balaban J connectivity index is 2.16. The minimum absolute atomic E-state index is 0.142. The van der Waals surface area contributed by atoms with Crippen LogP contribution in [0, 0.1) is 5.82 Å². The van der Waals surface area contributed by atoms with Gasteiger partial charge in [0.05, 0.1) is 12.0 Å². The van der Waals surface area contributed by atoms with Gasteiger partial charge in [0.15, 0.2) is 11.6 Å². The number of sulfone groups is 1. The molecular formula is C16H16F3NO3S. The molecule has 0 N–H and O–H groups in total. The van der Waals surface area contributed by atoms with E-state index in [1.54, 1.807) is 18.0 Å². The first-order chi connectivity index (χ1) is 11.3. The Hall–Kier alpha value is -2.22. The Morgan fingerprint density at radius 3 is 2.25 bits per heavy atom. The predicted octanol–water partition coefficient (Wildman–Crippen LogP) is 3.47. The second-order valence-electron chi connectivity index (χ2n) is 5.12. The third kappa shape index (κ3) is 3.81. The van der Waals surface area contributed by atoms with Crippen molar-refractivity contribution < 1.29 is 26.3 Å². The molecule has 0 atom stereocenters. The number of rotatable bonds is 6. The summed E-state index contributed by atoms with van der Waals surface area (Å²) in [7, 11) is -1.51. The molecule has 0 aliphatic rings. The first-order valence-electron chi connectivity index (χ1n) is 6.91. The van der Waals surface area contributed by atoms with Crippen LogP contribution in [0.15, 0.2) is 47.4 Å². The third-order valence-electron chi connectivity index (χ3n) is 3.48. The molecule has 24 heavy (non-hydrogen) atoms. The van der Waals surface area contributed by atoms with E-state index in [0.717, 1.165) is 12.1 Å². The Bertz CT molecular complexity index is 808. The van der Waals surface area contributed by atoms with Crippen LogP contribution in [0.1, 0.15) is 5.56 Å². The summed E-state index contributed by atoms with van der Waals surface area (Å²) in [5, 5.41) is 0. The summed E-state index contributed by atoms with van der Waals surface area (Å²) in [5.74, 6) is -3.80. The normalized spacial score (nSPS) is 11.6. The Morgan fingerprint density at radius 2 is 1.75 bits per heavy atom. The molecule has 130 valence electrons. The third-order valence-corrected chi connectivity index (χ3v) is 4.87. The van der Waals surface area contributed by atoms with E-state index in [0.29, 0.717) is 17.8 Å². The maximum absolute atomic E-state index is 13.7. The van der Waals surface area contributed by atoms with E-state index in [-0.39, 0.29) is 5.75 Å². The fourth-order valence-corrected chi connectivity index (χ4v) is 2.89. The molecule has 2 aromatic carbocycles. The van der Waals surface area contributed by atoms with Gasteiger partial charge in [0.25, 0.3) is 0 Å². The van der Waals surface area contributed by atoms with Crippen molar-refractivity contribution in [1.82, 2.24) is 0 Å². The Kier molecular flexibility index (Phi) is 5.38. The topological polar surface area (TPSA) is 46.6 Å². The Morgan fingerprint density at radius 1 is 1.12 bits per heavy atom. The van der Waals surface area contributed by atoms with Gasteiger partial charge in [-0.2, -0.15) is 8.78 Å². The highest BCUT2D eigenvalue weighted by Crippen LogP contribution is 2.24. The lowest BCUT2D eigenvalue weighted by Gasteiger charge is -2.20. The minimum Gasteiger partial charge on any atom is -0.494 e. The quantitative estimate of drug-likeness (QED) is 0.792. The molecule has 4 nitrogen and oxygen atoms in total. The van der Waals surface area contributed by atoms with E-state index in [9.17, 15) is 21.6 Å². The molecule has 0 heterocycles. The number of anilines is 1. The molecule has 0 aliphatic carbocycles. The summed E-state index contributed by atoms with van der Waals surface area (Å²) in [5.41, 5.74) is 1.29. The van der Waals surface area contributed by atoms with Crippen LogP contribution in [0.25, 0.3) is 0 Å². The Labute approximate surface area is 138 Å². The van der Waals surface area contributed by atoms with E-state index in [1.165, 1.54) is 31.4 Å². The van der Waals surface area contributed by atoms with Crippen molar-refractivity contribution in [2.45, 2.75) is 17.2 Å². The summed E-state index contributed by atoms with van der Waals surface area (Å²) in [6.45, 7) is 0.349. The van der Waals surface area contributed by atoms with E-state index >= 15 is 0 Å². The first kappa shape index (κ1) is 18.1. The van der Waals surface area contributed by atoms with Crippen molar-refractivity contribution in [2.75, 3.05) is 19.1 Å². The highest BCUT2D eigenvalue weighted by molar-refractivity contribution is 7.91. The van der Waals surface area contributed by atoms with Gasteiger partial charge in [-0.3, -0.25) is 0 Å². The molecule has 0 saturated carbocycles. The maximum Gasteiger partial charge on any atom is 0.341 e. The predicted molar refractivity (Wildman–Crippen MR) is 84.7 cm³/mol. The van der Waals surface area contributed by atoms with Gasteiger partial charge in [-0.1, -0.05) is 6.07 Å². The molecule has 8 heteroatoms. The second-order valence-corrected chi connectivity index (χ2v) is 7.04. The minimum atomic E-state index is -4.61. The zero-order chi connectivity index (χ0) is 17.9. The van der Waals surface area contributed by atoms with Gasteiger partial charge in [0.1, 0.15) is 0 Å². The van der Waals surface area contributed by atoms with Gasteiger partial charge >= 0.3 is 5.76 Å². The number of halogens is 3. The lowest BCUT2D eigenvalue weighted by Crippen LogP contribution is -2.17. The number of nitrogens with zero attached hydrogens (tertiary/aromatic N) is 1. The molecule has 0 aliphatic heterocycles. The molecular weight excluding hydrogens is 343 g/mol. The summed E-state index contributed by atoms with van der Waals surface area (Å²) in [4.78, 5) is 1.30. The molecule has 0 saturated heterocycles. The van der Waals surface area contributed by atoms with Crippen molar-refractivity contribution in [3.63, 3.8) is 0 Å². The summed E-state index contributed by atoms with van der Waals surface area (Å²) < 4.78 is 66.3. The average Bonchev–Trinajstić information content (AvgIpc) is 2.55. The monoisotopic (exact) mass is 359 g/mol. The van der Waals surface area contributed by atoms with Crippen LogP contribution < -0.4 is 9.64 Å². The van der Waals surface area contributed by atoms with Crippen LogP contribution in [0.5, 0.6) is 5.75 Å². The van der Waals surface area contributed by atoms with Crippen LogP contribution in [0.4, 0.5) is 18.9 Å². The summed E-state index contributed by atoms with van der Waals surface area (Å²) >= 11 is 0. The zero-order valence-electron chi connectivity index (χ0n) is 13.0. The number of benzene rings is 2. The standard InChI is InChI=1S/C16H16F3NO3S/c1-20(10-11-3-8-15(23-2)14(17)9-11)12-4-6-13(7-5-12)24(21,22)16(18)19/h3-9,16H,10H2,1-2H3. The lowest BCUT2D eigenvalue weighted by molar-refractivity contribution is 0.234. The van der Waals surface area contributed by atoms with Crippen LogP contribution in [-0.4, -0.2) is 28.3 Å². The van der Waals surface area contributed by atoms with E-state index in [4.69, 9.17) is 4.74 Å². The fourth-order valence-electron chi connectivity index (χ4n) is 2.17. The van der Waals surface area contributed by atoms with Gasteiger partial charge in [0.2, 0.25) is 9.84 Å². The number of methoxy groups -OCH3 is 1. The van der Waals surface area contributed by atoms with Crippen LogP contribution in [-0.2, 0) is 16.4 Å². The first-order valence-corrected chi connectivity index (χ1v) is 8.46. The van der Waals surface area contributed by atoms with Crippen molar-refractivity contribution >= 4 is 15.5 Å². The number of hydrogen-bond donors (Lipinski definition) is 0. The molecule has 0 bridgehead atoms. The molecule has 0 amide bonds. The highest BCUT2D eigenvalue weighted by Gasteiger charge is 2.26. The molecule has 0 radical (unpaired) electrons. The van der Waals surface area contributed by atoms with Crippen molar-refractivity contribution in [3.8, 4) is 5.75 Å². The summed E-state index contributed by atoms with van der Waals surface area (Å²) in [6.07, 6.45) is 0. The van der Waals surface area contributed by atoms with Gasteiger partial charge in [0, 0.05) is 19.3 Å². The molecule has 0 aromatic heterocycles. The molecule has 0 fully saturated rings. The maximum atomic E-state index is 13.7. The number of alkyl halides is 2. The van der Waals surface area contributed by atoms with Crippen LogP contribution in [0.2, 0.25) is 0 Å². The molecule has 0 spiro atoms. The van der Waals surface area contributed by atoms with Gasteiger partial charge in [-0.25, -0.2) is 12.8 Å². The second kappa shape index (κ2) is 7.12. The molecule has 0 unspecified atom stereocenters. The lowest BCUT2D eigenvalue weighted by atomic mass is 10.2. The van der Waals surface area contributed by atoms with E-state index in [1.807, 2.05) is 0 Å². The van der Waals surface area contributed by atoms with E-state index < -0.39 is 26.3 Å². The van der Waals surface area contributed by atoms with Crippen molar-refractivity contribution in [2.24, 2.45) is 0 Å². The smallest absolute Gasteiger partial charge is 0.341 e. The fraction of sp³-hybridized carbons (Fsp3) is 0.250. The SMILES string of the molecule is COc1ccc(CN(C)c2ccc(S(=O)(=O)C(F)F)cc2)cc1F. The molecule has 2 aromatic rings. The highest BCUT2D eigenvalue weighted by atomic mass is 32.2. The zero-order valence-corrected chi connectivity index (χ0v) is 13.9. The van der Waals surface area contributed by atoms with Gasteiger partial charge < -0.3 is 9.64 Å². The van der Waals surface area contributed by atoms with E-state index in [2.05, 4.69) is 0 Å². The summed E-state index contributed by atoms with van der Waals surface area (Å²) in [6, 6.07) is 9.66.